The van der Waals surface area contributed by atoms with Gasteiger partial charge in [-0.25, -0.2) is 4.39 Å². The van der Waals surface area contributed by atoms with E-state index < -0.39 is 11.4 Å². The van der Waals surface area contributed by atoms with E-state index in [9.17, 15) is 14.0 Å². The first-order valence-electron chi connectivity index (χ1n) is 9.86. The van der Waals surface area contributed by atoms with Crippen molar-refractivity contribution in [2.75, 3.05) is 13.1 Å². The van der Waals surface area contributed by atoms with Gasteiger partial charge in [-0.2, -0.15) is 0 Å². The third-order valence-electron chi connectivity index (χ3n) is 5.34. The second-order valence-electron chi connectivity index (χ2n) is 7.33. The van der Waals surface area contributed by atoms with Gasteiger partial charge in [0.1, 0.15) is 5.82 Å². The fourth-order valence-electron chi connectivity index (χ4n) is 3.91. The van der Waals surface area contributed by atoms with Crippen LogP contribution in [0.2, 0.25) is 0 Å². The molecule has 1 amide bonds. The number of fused-ring (bicyclic) bond motifs is 1. The highest BCUT2D eigenvalue weighted by molar-refractivity contribution is 6.06. The van der Waals surface area contributed by atoms with Crippen molar-refractivity contribution in [1.29, 1.82) is 0 Å². The number of halogens is 2. The molecule has 1 atom stereocenters. The number of hydrogen-bond acceptors (Lipinski definition) is 4. The number of hydrogen-bond donors (Lipinski definition) is 2. The number of nitrogens with one attached hydrogen (secondary N) is 2. The largest absolute Gasteiger partial charge is 0.330 e. The fraction of sp³-hybridized carbons (Fsp3) is 0.318. The summed E-state index contributed by atoms with van der Waals surface area (Å²) in [7, 11) is 0. The Morgan fingerprint density at radius 1 is 1.17 bits per heavy atom. The number of amides is 1. The number of carbonyl (C=O) groups excluding carboxylic acids is 1. The molecule has 1 fully saturated rings. The van der Waals surface area contributed by atoms with Crippen LogP contribution in [0.1, 0.15) is 35.3 Å². The molecule has 4 rings (SSSR count). The standard InChI is InChI=1S/C22H23FN4O2.ClH/c23-15-6-7-18-19(13-21(28)26-20(18)12-15)22(29)27(14-16-4-1-2-10-25-16)17-5-3-9-24-11-8-17;/h1-2,4,6-7,10,12-13,17,24H,3,5,8-9,11,14H2,(H,26,28);1H. The second kappa shape index (κ2) is 9.82. The number of aromatic nitrogens is 2. The van der Waals surface area contributed by atoms with Crippen LogP contribution < -0.4 is 10.9 Å². The van der Waals surface area contributed by atoms with Crippen LogP contribution in [0.25, 0.3) is 10.9 Å². The maximum atomic E-state index is 13.7. The Kier molecular flexibility index (Phi) is 7.18. The van der Waals surface area contributed by atoms with Gasteiger partial charge in [0.25, 0.3) is 5.91 Å². The summed E-state index contributed by atoms with van der Waals surface area (Å²) in [5.74, 6) is -0.691. The summed E-state index contributed by atoms with van der Waals surface area (Å²) >= 11 is 0. The van der Waals surface area contributed by atoms with Crippen molar-refractivity contribution < 1.29 is 9.18 Å². The van der Waals surface area contributed by atoms with E-state index >= 15 is 0 Å². The Balaban J connectivity index is 0.00000256. The lowest BCUT2D eigenvalue weighted by Gasteiger charge is -2.31. The van der Waals surface area contributed by atoms with Gasteiger partial charge in [0, 0.05) is 23.7 Å². The average molecular weight is 431 g/mol. The van der Waals surface area contributed by atoms with Crippen molar-refractivity contribution in [2.24, 2.45) is 0 Å². The molecule has 1 aromatic carbocycles. The smallest absolute Gasteiger partial charge is 0.255 e. The fourth-order valence-corrected chi connectivity index (χ4v) is 3.91. The molecule has 1 aliphatic rings. The van der Waals surface area contributed by atoms with E-state index in [0.717, 1.165) is 38.0 Å². The van der Waals surface area contributed by atoms with Crippen LogP contribution in [-0.4, -0.2) is 39.9 Å². The van der Waals surface area contributed by atoms with Gasteiger partial charge in [-0.15, -0.1) is 12.4 Å². The summed E-state index contributed by atoms with van der Waals surface area (Å²) in [6.45, 7) is 2.12. The third-order valence-corrected chi connectivity index (χ3v) is 5.34. The zero-order chi connectivity index (χ0) is 20.2. The molecule has 30 heavy (non-hydrogen) atoms. The van der Waals surface area contributed by atoms with E-state index in [-0.39, 0.29) is 29.9 Å². The Labute approximate surface area is 179 Å². The van der Waals surface area contributed by atoms with Crippen molar-refractivity contribution >= 4 is 29.2 Å². The molecule has 1 unspecified atom stereocenters. The minimum Gasteiger partial charge on any atom is -0.330 e. The van der Waals surface area contributed by atoms with E-state index in [2.05, 4.69) is 15.3 Å². The van der Waals surface area contributed by atoms with E-state index in [1.54, 1.807) is 12.3 Å². The number of rotatable bonds is 4. The summed E-state index contributed by atoms with van der Waals surface area (Å²) in [6.07, 6.45) is 4.38. The Hall–Kier alpha value is -2.77. The molecular weight excluding hydrogens is 407 g/mol. The number of carbonyl (C=O) groups is 1. The van der Waals surface area contributed by atoms with Crippen LogP contribution in [0.4, 0.5) is 4.39 Å². The van der Waals surface area contributed by atoms with Gasteiger partial charge in [0.05, 0.1) is 23.3 Å². The molecule has 3 aromatic rings. The molecule has 0 radical (unpaired) electrons. The van der Waals surface area contributed by atoms with E-state index in [1.165, 1.54) is 18.2 Å². The maximum absolute atomic E-state index is 13.7. The molecule has 8 heteroatoms. The first-order chi connectivity index (χ1) is 14.1. The first-order valence-corrected chi connectivity index (χ1v) is 9.86. The van der Waals surface area contributed by atoms with Crippen LogP contribution in [0.15, 0.2) is 53.5 Å². The lowest BCUT2D eigenvalue weighted by molar-refractivity contribution is 0.0644. The Morgan fingerprint density at radius 2 is 2.03 bits per heavy atom. The summed E-state index contributed by atoms with van der Waals surface area (Å²) in [5, 5.41) is 3.91. The minimum absolute atomic E-state index is 0. The molecule has 2 aromatic heterocycles. The highest BCUT2D eigenvalue weighted by atomic mass is 35.5. The molecule has 1 aliphatic heterocycles. The van der Waals surface area contributed by atoms with Gasteiger partial charge in [0.2, 0.25) is 5.56 Å². The minimum atomic E-state index is -0.460. The zero-order valence-corrected chi connectivity index (χ0v) is 17.3. The van der Waals surface area contributed by atoms with Crippen LogP contribution in [0, 0.1) is 5.82 Å². The number of benzene rings is 1. The van der Waals surface area contributed by atoms with Crippen molar-refractivity contribution in [3.8, 4) is 0 Å². The molecule has 2 N–H and O–H groups in total. The van der Waals surface area contributed by atoms with Gasteiger partial charge >= 0.3 is 0 Å². The maximum Gasteiger partial charge on any atom is 0.255 e. The topological polar surface area (TPSA) is 78.1 Å². The summed E-state index contributed by atoms with van der Waals surface area (Å²) in [5.41, 5.74) is 0.975. The van der Waals surface area contributed by atoms with Gasteiger partial charge in [-0.05, 0) is 62.7 Å². The molecule has 1 saturated heterocycles. The molecule has 0 bridgehead atoms. The SMILES string of the molecule is Cl.O=C(c1cc(=O)[nH]c2cc(F)ccc12)N(Cc1ccccn1)C1CCCNCC1. The second-order valence-corrected chi connectivity index (χ2v) is 7.33. The first kappa shape index (κ1) is 21.9. The number of aromatic amines is 1. The van der Waals surface area contributed by atoms with Gasteiger partial charge in [0.15, 0.2) is 0 Å². The number of H-pyrrole nitrogens is 1. The zero-order valence-electron chi connectivity index (χ0n) is 16.4. The van der Waals surface area contributed by atoms with E-state index in [0.29, 0.717) is 17.4 Å². The van der Waals surface area contributed by atoms with Crippen molar-refractivity contribution in [2.45, 2.75) is 31.8 Å². The van der Waals surface area contributed by atoms with Crippen molar-refractivity contribution in [3.63, 3.8) is 0 Å². The van der Waals surface area contributed by atoms with Crippen molar-refractivity contribution in [1.82, 2.24) is 20.2 Å². The Morgan fingerprint density at radius 3 is 2.83 bits per heavy atom. The quantitative estimate of drug-likeness (QED) is 0.666. The van der Waals surface area contributed by atoms with Crippen molar-refractivity contribution in [3.05, 3.63) is 76.1 Å². The predicted octanol–water partition coefficient (Wildman–Crippen LogP) is 3.27. The number of nitrogens with zero attached hydrogens (tertiary/aromatic N) is 2. The summed E-state index contributed by atoms with van der Waals surface area (Å²) in [6, 6.07) is 11.1. The lowest BCUT2D eigenvalue weighted by atomic mass is 10.0. The van der Waals surface area contributed by atoms with Crippen LogP contribution >= 0.6 is 12.4 Å². The highest BCUT2D eigenvalue weighted by Crippen LogP contribution is 2.23. The molecular formula is C22H24ClFN4O2. The van der Waals surface area contributed by atoms with Crippen LogP contribution in [0.3, 0.4) is 0 Å². The molecule has 158 valence electrons. The molecule has 0 saturated carbocycles. The summed E-state index contributed by atoms with van der Waals surface area (Å²) in [4.78, 5) is 34.6. The van der Waals surface area contributed by atoms with Crippen LogP contribution in [-0.2, 0) is 6.54 Å². The molecule has 6 nitrogen and oxygen atoms in total. The predicted molar refractivity (Wildman–Crippen MR) is 116 cm³/mol. The van der Waals surface area contributed by atoms with E-state index in [4.69, 9.17) is 0 Å². The van der Waals surface area contributed by atoms with Crippen LogP contribution in [0.5, 0.6) is 0 Å². The summed E-state index contributed by atoms with van der Waals surface area (Å²) < 4.78 is 13.7. The molecule has 0 aliphatic carbocycles. The molecule has 3 heterocycles. The monoisotopic (exact) mass is 430 g/mol. The average Bonchev–Trinajstić information content (AvgIpc) is 3.01. The van der Waals surface area contributed by atoms with Gasteiger partial charge in [-0.1, -0.05) is 6.07 Å². The molecule has 0 spiro atoms. The number of pyridine rings is 2. The third kappa shape index (κ3) is 4.86. The Bertz CT molecular complexity index is 1070. The normalized spacial score (nSPS) is 16.5. The lowest BCUT2D eigenvalue weighted by Crippen LogP contribution is -2.41. The van der Waals surface area contributed by atoms with Gasteiger partial charge < -0.3 is 15.2 Å². The van der Waals surface area contributed by atoms with Gasteiger partial charge in [-0.3, -0.25) is 14.6 Å². The highest BCUT2D eigenvalue weighted by Gasteiger charge is 2.27. The van der Waals surface area contributed by atoms with E-state index in [1.807, 2.05) is 23.1 Å².